The Kier molecular flexibility index (Phi) is 5.43. The molecule has 5 nitrogen and oxygen atoms in total. The minimum atomic E-state index is -1.07. The standard InChI is InChI=1S/C17H16N2O3/c20-16(14-9-11-18-12-10-14)19-15(17(21)22)8-4-7-13-5-2-1-3-6-13/h1-7,9-12,15H,8H2,(H,19,20)(H,21,22)/b7-4+/t15-/m1/s1. The van der Waals surface area contributed by atoms with E-state index in [0.717, 1.165) is 5.56 Å². The minimum Gasteiger partial charge on any atom is -0.480 e. The second-order valence-corrected chi connectivity index (χ2v) is 4.65. The van der Waals surface area contributed by atoms with Crippen LogP contribution in [0.4, 0.5) is 0 Å². The topological polar surface area (TPSA) is 79.3 Å². The summed E-state index contributed by atoms with van der Waals surface area (Å²) in [5.74, 6) is -1.50. The quantitative estimate of drug-likeness (QED) is 0.857. The van der Waals surface area contributed by atoms with Gasteiger partial charge in [-0.2, -0.15) is 0 Å². The average molecular weight is 296 g/mol. The summed E-state index contributed by atoms with van der Waals surface area (Å²) >= 11 is 0. The van der Waals surface area contributed by atoms with E-state index in [1.807, 2.05) is 36.4 Å². The van der Waals surface area contributed by atoms with Crippen LogP contribution in [-0.4, -0.2) is 28.0 Å². The Morgan fingerprint density at radius 3 is 2.45 bits per heavy atom. The molecule has 2 rings (SSSR count). The molecule has 0 unspecified atom stereocenters. The van der Waals surface area contributed by atoms with E-state index in [-0.39, 0.29) is 6.42 Å². The Morgan fingerprint density at radius 1 is 1.14 bits per heavy atom. The summed E-state index contributed by atoms with van der Waals surface area (Å²) in [4.78, 5) is 27.0. The fourth-order valence-electron chi connectivity index (χ4n) is 1.87. The molecule has 5 heteroatoms. The van der Waals surface area contributed by atoms with Crippen molar-refractivity contribution in [1.82, 2.24) is 10.3 Å². The summed E-state index contributed by atoms with van der Waals surface area (Å²) in [5, 5.41) is 11.7. The van der Waals surface area contributed by atoms with E-state index in [1.54, 1.807) is 6.08 Å². The molecule has 0 fully saturated rings. The molecule has 0 saturated carbocycles. The van der Waals surface area contributed by atoms with E-state index >= 15 is 0 Å². The van der Waals surface area contributed by atoms with Crippen LogP contribution in [0.2, 0.25) is 0 Å². The highest BCUT2D eigenvalue weighted by atomic mass is 16.4. The number of carbonyl (C=O) groups is 2. The molecule has 0 saturated heterocycles. The second kappa shape index (κ2) is 7.73. The van der Waals surface area contributed by atoms with E-state index in [2.05, 4.69) is 10.3 Å². The Hall–Kier alpha value is -2.95. The molecule has 2 aromatic rings. The first kappa shape index (κ1) is 15.4. The molecule has 22 heavy (non-hydrogen) atoms. The molecule has 0 radical (unpaired) electrons. The number of hydrogen-bond donors (Lipinski definition) is 2. The van der Waals surface area contributed by atoms with Crippen LogP contribution >= 0.6 is 0 Å². The third-order valence-electron chi connectivity index (χ3n) is 3.03. The normalized spacial score (nSPS) is 12.0. The molecule has 0 aliphatic rings. The number of nitrogens with one attached hydrogen (secondary N) is 1. The number of nitrogens with zero attached hydrogens (tertiary/aromatic N) is 1. The third kappa shape index (κ3) is 4.56. The molecule has 112 valence electrons. The van der Waals surface area contributed by atoms with Gasteiger partial charge in [0.1, 0.15) is 6.04 Å². The molecule has 1 aromatic carbocycles. The smallest absolute Gasteiger partial charge is 0.326 e. The van der Waals surface area contributed by atoms with Crippen LogP contribution in [0.5, 0.6) is 0 Å². The highest BCUT2D eigenvalue weighted by molar-refractivity contribution is 5.96. The lowest BCUT2D eigenvalue weighted by Crippen LogP contribution is -2.40. The molecule has 0 spiro atoms. The molecule has 1 atom stereocenters. The largest absolute Gasteiger partial charge is 0.480 e. The summed E-state index contributed by atoms with van der Waals surface area (Å²) in [6, 6.07) is 11.7. The summed E-state index contributed by atoms with van der Waals surface area (Å²) < 4.78 is 0. The number of carboxylic acids is 1. The van der Waals surface area contributed by atoms with Gasteiger partial charge in [-0.25, -0.2) is 4.79 Å². The van der Waals surface area contributed by atoms with Gasteiger partial charge in [-0.1, -0.05) is 42.5 Å². The summed E-state index contributed by atoms with van der Waals surface area (Å²) in [5.41, 5.74) is 1.36. The number of carbonyl (C=O) groups excluding carboxylic acids is 1. The van der Waals surface area contributed by atoms with Crippen molar-refractivity contribution in [1.29, 1.82) is 0 Å². The van der Waals surface area contributed by atoms with E-state index in [1.165, 1.54) is 24.5 Å². The van der Waals surface area contributed by atoms with Crippen LogP contribution in [0.3, 0.4) is 0 Å². The minimum absolute atomic E-state index is 0.209. The maximum atomic E-state index is 12.0. The number of pyridine rings is 1. The lowest BCUT2D eigenvalue weighted by molar-refractivity contribution is -0.139. The fraction of sp³-hybridized carbons (Fsp3) is 0.118. The highest BCUT2D eigenvalue weighted by Crippen LogP contribution is 2.05. The van der Waals surface area contributed by atoms with Crippen LogP contribution < -0.4 is 5.32 Å². The Morgan fingerprint density at radius 2 is 1.82 bits per heavy atom. The maximum absolute atomic E-state index is 12.0. The van der Waals surface area contributed by atoms with E-state index in [9.17, 15) is 14.7 Å². The predicted octanol–water partition coefficient (Wildman–Crippen LogP) is 2.37. The van der Waals surface area contributed by atoms with Crippen molar-refractivity contribution in [3.8, 4) is 0 Å². The van der Waals surface area contributed by atoms with Gasteiger partial charge in [0.25, 0.3) is 5.91 Å². The fourth-order valence-corrected chi connectivity index (χ4v) is 1.87. The SMILES string of the molecule is O=C(N[C@H](C/C=C/c1ccccc1)C(=O)O)c1ccncc1. The Balaban J connectivity index is 1.97. The van der Waals surface area contributed by atoms with Gasteiger partial charge in [-0.3, -0.25) is 9.78 Å². The van der Waals surface area contributed by atoms with E-state index in [4.69, 9.17) is 0 Å². The zero-order valence-electron chi connectivity index (χ0n) is 11.8. The lowest BCUT2D eigenvalue weighted by atomic mass is 10.1. The van der Waals surface area contributed by atoms with Crippen LogP contribution in [0, 0.1) is 0 Å². The monoisotopic (exact) mass is 296 g/mol. The van der Waals surface area contributed by atoms with Crippen molar-refractivity contribution in [2.75, 3.05) is 0 Å². The van der Waals surface area contributed by atoms with Crippen molar-refractivity contribution < 1.29 is 14.7 Å². The highest BCUT2D eigenvalue weighted by Gasteiger charge is 2.19. The first-order chi connectivity index (χ1) is 10.7. The molecular formula is C17H16N2O3. The van der Waals surface area contributed by atoms with Gasteiger partial charge in [-0.15, -0.1) is 0 Å². The number of aromatic nitrogens is 1. The first-order valence-electron chi connectivity index (χ1n) is 6.82. The van der Waals surface area contributed by atoms with Gasteiger partial charge in [-0.05, 0) is 24.1 Å². The van der Waals surface area contributed by atoms with Crippen LogP contribution in [0.15, 0.2) is 60.9 Å². The van der Waals surface area contributed by atoms with E-state index in [0.29, 0.717) is 5.56 Å². The molecular weight excluding hydrogens is 280 g/mol. The third-order valence-corrected chi connectivity index (χ3v) is 3.03. The van der Waals surface area contributed by atoms with Crippen molar-refractivity contribution in [2.24, 2.45) is 0 Å². The molecule has 1 amide bonds. The van der Waals surface area contributed by atoms with Crippen LogP contribution in [0.1, 0.15) is 22.3 Å². The van der Waals surface area contributed by atoms with Gasteiger partial charge in [0, 0.05) is 18.0 Å². The number of benzene rings is 1. The van der Waals surface area contributed by atoms with Crippen LogP contribution in [0.25, 0.3) is 6.08 Å². The second-order valence-electron chi connectivity index (χ2n) is 4.65. The van der Waals surface area contributed by atoms with Gasteiger partial charge in [0.2, 0.25) is 0 Å². The molecule has 1 heterocycles. The van der Waals surface area contributed by atoms with Crippen LogP contribution in [-0.2, 0) is 4.79 Å². The predicted molar refractivity (Wildman–Crippen MR) is 83.2 cm³/mol. The summed E-state index contributed by atoms with van der Waals surface area (Å²) in [6.45, 7) is 0. The number of carboxylic acid groups (broad SMARTS) is 1. The zero-order chi connectivity index (χ0) is 15.8. The summed E-state index contributed by atoms with van der Waals surface area (Å²) in [7, 11) is 0. The first-order valence-corrected chi connectivity index (χ1v) is 6.82. The molecule has 1 aromatic heterocycles. The van der Waals surface area contributed by atoms with Crippen molar-refractivity contribution in [3.63, 3.8) is 0 Å². The molecule has 0 aliphatic carbocycles. The average Bonchev–Trinajstić information content (AvgIpc) is 2.55. The van der Waals surface area contributed by atoms with Crippen molar-refractivity contribution in [3.05, 3.63) is 72.1 Å². The van der Waals surface area contributed by atoms with Gasteiger partial charge < -0.3 is 10.4 Å². The zero-order valence-corrected chi connectivity index (χ0v) is 11.8. The summed E-state index contributed by atoms with van der Waals surface area (Å²) in [6.07, 6.45) is 6.75. The maximum Gasteiger partial charge on any atom is 0.326 e. The van der Waals surface area contributed by atoms with E-state index < -0.39 is 17.9 Å². The van der Waals surface area contributed by atoms with Gasteiger partial charge >= 0.3 is 5.97 Å². The van der Waals surface area contributed by atoms with Gasteiger partial charge in [0.15, 0.2) is 0 Å². The Labute approximate surface area is 128 Å². The lowest BCUT2D eigenvalue weighted by Gasteiger charge is -2.12. The van der Waals surface area contributed by atoms with Crippen molar-refractivity contribution >= 4 is 18.0 Å². The molecule has 0 bridgehead atoms. The van der Waals surface area contributed by atoms with Gasteiger partial charge in [0.05, 0.1) is 0 Å². The number of hydrogen-bond acceptors (Lipinski definition) is 3. The number of rotatable bonds is 6. The number of aliphatic carboxylic acids is 1. The molecule has 2 N–H and O–H groups in total. The number of amides is 1. The van der Waals surface area contributed by atoms with Crippen molar-refractivity contribution in [2.45, 2.75) is 12.5 Å². The molecule has 0 aliphatic heterocycles. The Bertz CT molecular complexity index is 654.